The number of hydrogen-bond acceptors (Lipinski definition) is 0. The normalized spacial score (nSPS) is 44.6. The van der Waals surface area contributed by atoms with Gasteiger partial charge in [-0.15, -0.1) is 6.58 Å². The molecule has 21 heavy (non-hydrogen) atoms. The molecule has 0 saturated heterocycles. The number of hydrogen-bond donors (Lipinski definition) is 0. The van der Waals surface area contributed by atoms with Gasteiger partial charge in [-0.25, -0.2) is 4.39 Å². The number of allylic oxidation sites excluding steroid dienone is 1. The first-order valence-corrected chi connectivity index (χ1v) is 8.48. The quantitative estimate of drug-likeness (QED) is 0.620. The standard InChI is InChI=1S/C20H25F/c1-3-20-13-12-19(2)16(10-11-18(19)21)17(20)9-8-14-6-4-5-7-15(14)20/h3-7,16-18H,1,8-13H2,2H3/t16-,17-,18?,19+,20+/m0/s1. The first-order chi connectivity index (χ1) is 10.1. The Kier molecular flexibility index (Phi) is 2.87. The molecule has 112 valence electrons. The number of fused-ring (bicyclic) bond motifs is 5. The predicted molar refractivity (Wildman–Crippen MR) is 85.1 cm³/mol. The van der Waals surface area contributed by atoms with Crippen molar-refractivity contribution >= 4 is 0 Å². The van der Waals surface area contributed by atoms with E-state index in [-0.39, 0.29) is 10.8 Å². The van der Waals surface area contributed by atoms with E-state index in [0.29, 0.717) is 11.8 Å². The molecular weight excluding hydrogens is 259 g/mol. The van der Waals surface area contributed by atoms with Crippen molar-refractivity contribution in [3.05, 3.63) is 48.0 Å². The van der Waals surface area contributed by atoms with Gasteiger partial charge in [0.2, 0.25) is 0 Å². The third-order valence-electron chi connectivity index (χ3n) is 7.13. The molecule has 0 N–H and O–H groups in total. The number of aryl methyl sites for hydroxylation is 1. The number of benzene rings is 1. The molecule has 5 atom stereocenters. The molecule has 0 bridgehead atoms. The molecule has 1 aromatic rings. The van der Waals surface area contributed by atoms with Gasteiger partial charge < -0.3 is 0 Å². The summed E-state index contributed by atoms with van der Waals surface area (Å²) in [6.07, 6.45) is 7.90. The maximum Gasteiger partial charge on any atom is 0.106 e. The Hall–Kier alpha value is -1.11. The second-order valence-electron chi connectivity index (χ2n) is 7.70. The van der Waals surface area contributed by atoms with Crippen LogP contribution in [0.3, 0.4) is 0 Å². The fourth-order valence-electron chi connectivity index (χ4n) is 5.90. The van der Waals surface area contributed by atoms with E-state index in [9.17, 15) is 4.39 Å². The fraction of sp³-hybridized carbons (Fsp3) is 0.600. The van der Waals surface area contributed by atoms with E-state index in [1.807, 2.05) is 0 Å². The van der Waals surface area contributed by atoms with Crippen molar-refractivity contribution in [1.29, 1.82) is 0 Å². The summed E-state index contributed by atoms with van der Waals surface area (Å²) in [6.45, 7) is 6.43. The lowest BCUT2D eigenvalue weighted by atomic mass is 9.48. The van der Waals surface area contributed by atoms with E-state index in [1.165, 1.54) is 17.5 Å². The van der Waals surface area contributed by atoms with Crippen LogP contribution in [0, 0.1) is 17.3 Å². The van der Waals surface area contributed by atoms with Gasteiger partial charge in [-0.3, -0.25) is 0 Å². The monoisotopic (exact) mass is 284 g/mol. The number of alkyl halides is 1. The molecule has 1 aromatic carbocycles. The average Bonchev–Trinajstić information content (AvgIpc) is 2.82. The Labute approximate surface area is 127 Å². The molecule has 3 aliphatic carbocycles. The van der Waals surface area contributed by atoms with Crippen molar-refractivity contribution in [1.82, 2.24) is 0 Å². The highest BCUT2D eigenvalue weighted by molar-refractivity contribution is 5.42. The van der Waals surface area contributed by atoms with Crippen LogP contribution in [-0.4, -0.2) is 6.17 Å². The SMILES string of the molecule is C=C[C@]12CC[C@@]3(C)C(F)CC[C@H]3[C@@H]1CCc1ccccc12. The highest BCUT2D eigenvalue weighted by Gasteiger charge is 2.59. The molecule has 0 heterocycles. The molecule has 0 amide bonds. The Morgan fingerprint density at radius 1 is 1.14 bits per heavy atom. The Bertz CT molecular complexity index is 577. The third-order valence-corrected chi connectivity index (χ3v) is 7.13. The van der Waals surface area contributed by atoms with E-state index in [1.54, 1.807) is 0 Å². The van der Waals surface area contributed by atoms with Gasteiger partial charge in [0, 0.05) is 10.8 Å². The maximum absolute atomic E-state index is 14.5. The van der Waals surface area contributed by atoms with Crippen LogP contribution in [0.1, 0.15) is 50.2 Å². The summed E-state index contributed by atoms with van der Waals surface area (Å²) in [7, 11) is 0. The van der Waals surface area contributed by atoms with Crippen molar-refractivity contribution < 1.29 is 4.39 Å². The lowest BCUT2D eigenvalue weighted by Gasteiger charge is -2.55. The van der Waals surface area contributed by atoms with Gasteiger partial charge in [0.1, 0.15) is 6.17 Å². The zero-order valence-electron chi connectivity index (χ0n) is 12.9. The minimum Gasteiger partial charge on any atom is -0.247 e. The van der Waals surface area contributed by atoms with Crippen LogP contribution >= 0.6 is 0 Å². The largest absolute Gasteiger partial charge is 0.247 e. The number of rotatable bonds is 1. The highest BCUT2D eigenvalue weighted by atomic mass is 19.1. The Balaban J connectivity index is 1.83. The van der Waals surface area contributed by atoms with Crippen LogP contribution in [-0.2, 0) is 11.8 Å². The molecule has 1 heteroatoms. The van der Waals surface area contributed by atoms with Crippen LogP contribution in [0.15, 0.2) is 36.9 Å². The van der Waals surface area contributed by atoms with E-state index in [4.69, 9.17) is 0 Å². The number of halogens is 1. The molecule has 0 aromatic heterocycles. The van der Waals surface area contributed by atoms with Gasteiger partial charge in [-0.2, -0.15) is 0 Å². The van der Waals surface area contributed by atoms with Crippen molar-refractivity contribution in [2.75, 3.05) is 0 Å². The van der Waals surface area contributed by atoms with E-state index in [0.717, 1.165) is 32.1 Å². The summed E-state index contributed by atoms with van der Waals surface area (Å²) in [6, 6.07) is 8.88. The van der Waals surface area contributed by atoms with Crippen LogP contribution < -0.4 is 0 Å². The second-order valence-corrected chi connectivity index (χ2v) is 7.70. The lowest BCUT2D eigenvalue weighted by Crippen LogP contribution is -2.51. The van der Waals surface area contributed by atoms with Crippen LogP contribution in [0.5, 0.6) is 0 Å². The Morgan fingerprint density at radius 3 is 2.76 bits per heavy atom. The third kappa shape index (κ3) is 1.61. The van der Waals surface area contributed by atoms with Gasteiger partial charge in [-0.05, 0) is 61.5 Å². The molecule has 2 fully saturated rings. The van der Waals surface area contributed by atoms with Gasteiger partial charge in [0.05, 0.1) is 0 Å². The summed E-state index contributed by atoms with van der Waals surface area (Å²) in [5.74, 6) is 1.12. The zero-order valence-corrected chi connectivity index (χ0v) is 12.9. The molecule has 1 unspecified atom stereocenters. The average molecular weight is 284 g/mol. The van der Waals surface area contributed by atoms with E-state index >= 15 is 0 Å². The van der Waals surface area contributed by atoms with Crippen molar-refractivity contribution in [3.8, 4) is 0 Å². The predicted octanol–water partition coefficient (Wildman–Crippen LogP) is 5.22. The van der Waals surface area contributed by atoms with Gasteiger partial charge in [0.25, 0.3) is 0 Å². The molecule has 4 rings (SSSR count). The van der Waals surface area contributed by atoms with Crippen LogP contribution in [0.2, 0.25) is 0 Å². The van der Waals surface area contributed by atoms with Crippen LogP contribution in [0.4, 0.5) is 4.39 Å². The smallest absolute Gasteiger partial charge is 0.106 e. The second kappa shape index (κ2) is 4.44. The lowest BCUT2D eigenvalue weighted by molar-refractivity contribution is -0.00871. The first-order valence-electron chi connectivity index (χ1n) is 8.48. The molecular formula is C20H25F. The zero-order chi connectivity index (χ0) is 14.7. The van der Waals surface area contributed by atoms with Gasteiger partial charge in [0.15, 0.2) is 0 Å². The Morgan fingerprint density at radius 2 is 1.95 bits per heavy atom. The molecule has 2 saturated carbocycles. The molecule has 3 aliphatic rings. The molecule has 0 nitrogen and oxygen atoms in total. The summed E-state index contributed by atoms with van der Waals surface area (Å²) < 4.78 is 14.5. The van der Waals surface area contributed by atoms with Crippen molar-refractivity contribution in [3.63, 3.8) is 0 Å². The minimum absolute atomic E-state index is 0.0799. The summed E-state index contributed by atoms with van der Waals surface area (Å²) in [4.78, 5) is 0. The molecule has 0 spiro atoms. The van der Waals surface area contributed by atoms with Crippen molar-refractivity contribution in [2.45, 2.75) is 57.0 Å². The maximum atomic E-state index is 14.5. The topological polar surface area (TPSA) is 0 Å². The molecule has 0 aliphatic heterocycles. The van der Waals surface area contributed by atoms with Gasteiger partial charge >= 0.3 is 0 Å². The van der Waals surface area contributed by atoms with Crippen molar-refractivity contribution in [2.24, 2.45) is 17.3 Å². The highest BCUT2D eigenvalue weighted by Crippen LogP contribution is 2.64. The van der Waals surface area contributed by atoms with Crippen LogP contribution in [0.25, 0.3) is 0 Å². The van der Waals surface area contributed by atoms with Gasteiger partial charge in [-0.1, -0.05) is 37.3 Å². The summed E-state index contributed by atoms with van der Waals surface area (Å²) in [5, 5.41) is 0. The van der Waals surface area contributed by atoms with E-state index in [2.05, 4.69) is 43.8 Å². The summed E-state index contributed by atoms with van der Waals surface area (Å²) in [5.41, 5.74) is 3.00. The fourth-order valence-corrected chi connectivity index (χ4v) is 5.90. The summed E-state index contributed by atoms with van der Waals surface area (Å²) >= 11 is 0. The molecule has 0 radical (unpaired) electrons. The van der Waals surface area contributed by atoms with E-state index < -0.39 is 6.17 Å². The minimum atomic E-state index is -0.595. The first kappa shape index (κ1) is 13.5.